The minimum Gasteiger partial charge on any atom is -0.397 e. The van der Waals surface area contributed by atoms with Crippen molar-refractivity contribution in [1.29, 1.82) is 0 Å². The molecular formula is C13H17F2N3O. The molecule has 1 aromatic carbocycles. The molecule has 2 rings (SSSR count). The Morgan fingerprint density at radius 1 is 1.37 bits per heavy atom. The van der Waals surface area contributed by atoms with Gasteiger partial charge in [0, 0.05) is 32.1 Å². The van der Waals surface area contributed by atoms with E-state index >= 15 is 0 Å². The first kappa shape index (κ1) is 13.6. The van der Waals surface area contributed by atoms with Gasteiger partial charge >= 0.3 is 0 Å². The Morgan fingerprint density at radius 2 is 2.00 bits per heavy atom. The van der Waals surface area contributed by atoms with Crippen LogP contribution in [0.1, 0.15) is 12.8 Å². The zero-order valence-corrected chi connectivity index (χ0v) is 10.7. The molecular weight excluding hydrogens is 252 g/mol. The van der Waals surface area contributed by atoms with Crippen LogP contribution in [0.3, 0.4) is 0 Å². The minimum atomic E-state index is -0.681. The first-order valence-electron chi connectivity index (χ1n) is 6.24. The van der Waals surface area contributed by atoms with E-state index < -0.39 is 11.6 Å². The largest absolute Gasteiger partial charge is 0.397 e. The summed E-state index contributed by atoms with van der Waals surface area (Å²) in [7, 11) is 1.60. The molecule has 0 saturated carbocycles. The van der Waals surface area contributed by atoms with Gasteiger partial charge < -0.3 is 16.0 Å². The molecule has 1 saturated heterocycles. The molecule has 3 N–H and O–H groups in total. The highest BCUT2D eigenvalue weighted by Gasteiger charge is 2.26. The average Bonchev–Trinajstić information content (AvgIpc) is 2.37. The maximum Gasteiger partial charge on any atom is 0.222 e. The summed E-state index contributed by atoms with van der Waals surface area (Å²) in [6, 6.07) is 1.94. The Balaban J connectivity index is 2.12. The zero-order chi connectivity index (χ0) is 14.0. The lowest BCUT2D eigenvalue weighted by Crippen LogP contribution is -2.40. The van der Waals surface area contributed by atoms with E-state index in [9.17, 15) is 13.6 Å². The van der Waals surface area contributed by atoms with Gasteiger partial charge in [-0.1, -0.05) is 0 Å². The molecule has 0 unspecified atom stereocenters. The van der Waals surface area contributed by atoms with Crippen molar-refractivity contribution in [3.63, 3.8) is 0 Å². The van der Waals surface area contributed by atoms with E-state index in [-0.39, 0.29) is 23.2 Å². The highest BCUT2D eigenvalue weighted by molar-refractivity contribution is 5.79. The van der Waals surface area contributed by atoms with Crippen LogP contribution in [0.5, 0.6) is 0 Å². The molecule has 1 heterocycles. The van der Waals surface area contributed by atoms with Crippen LogP contribution in [-0.2, 0) is 4.79 Å². The van der Waals surface area contributed by atoms with Gasteiger partial charge in [-0.25, -0.2) is 8.78 Å². The summed E-state index contributed by atoms with van der Waals surface area (Å²) >= 11 is 0. The van der Waals surface area contributed by atoms with Gasteiger partial charge in [0.2, 0.25) is 5.91 Å². The Hall–Kier alpha value is -1.85. The van der Waals surface area contributed by atoms with Crippen LogP contribution in [0.15, 0.2) is 12.1 Å². The van der Waals surface area contributed by atoms with Gasteiger partial charge in [-0.3, -0.25) is 4.79 Å². The molecule has 1 aliphatic heterocycles. The summed E-state index contributed by atoms with van der Waals surface area (Å²) in [6.45, 7) is 1.07. The van der Waals surface area contributed by atoms with Crippen LogP contribution in [0, 0.1) is 17.6 Å². The molecule has 6 heteroatoms. The minimum absolute atomic E-state index is 0.00667. The van der Waals surface area contributed by atoms with Gasteiger partial charge in [0.05, 0.1) is 11.4 Å². The number of carbonyl (C=O) groups excluding carboxylic acids is 1. The molecule has 0 radical (unpaired) electrons. The Labute approximate surface area is 110 Å². The van der Waals surface area contributed by atoms with Crippen molar-refractivity contribution in [2.75, 3.05) is 30.8 Å². The van der Waals surface area contributed by atoms with Crippen molar-refractivity contribution in [3.05, 3.63) is 23.8 Å². The third-order valence-electron chi connectivity index (χ3n) is 3.49. The van der Waals surface area contributed by atoms with Crippen molar-refractivity contribution in [1.82, 2.24) is 5.32 Å². The lowest BCUT2D eigenvalue weighted by atomic mass is 9.95. The number of nitrogen functional groups attached to an aromatic ring is 1. The van der Waals surface area contributed by atoms with Gasteiger partial charge in [0.15, 0.2) is 5.82 Å². The van der Waals surface area contributed by atoms with Gasteiger partial charge in [0.25, 0.3) is 0 Å². The average molecular weight is 269 g/mol. The number of halogens is 2. The molecule has 1 aromatic rings. The zero-order valence-electron chi connectivity index (χ0n) is 10.7. The summed E-state index contributed by atoms with van der Waals surface area (Å²) in [6.07, 6.45) is 1.27. The van der Waals surface area contributed by atoms with Crippen LogP contribution in [0.2, 0.25) is 0 Å². The van der Waals surface area contributed by atoms with Crippen molar-refractivity contribution in [2.24, 2.45) is 5.92 Å². The van der Waals surface area contributed by atoms with E-state index in [1.807, 2.05) is 0 Å². The number of rotatable bonds is 2. The molecule has 0 spiro atoms. The fraction of sp³-hybridized carbons (Fsp3) is 0.462. The molecule has 104 valence electrons. The summed E-state index contributed by atoms with van der Waals surface area (Å²) in [4.78, 5) is 13.3. The first-order chi connectivity index (χ1) is 9.02. The van der Waals surface area contributed by atoms with Crippen LogP contribution in [-0.4, -0.2) is 26.0 Å². The second kappa shape index (κ2) is 5.42. The molecule has 0 aliphatic carbocycles. The number of benzene rings is 1. The van der Waals surface area contributed by atoms with E-state index in [0.29, 0.717) is 25.9 Å². The molecule has 0 aromatic heterocycles. The number of hydrogen-bond donors (Lipinski definition) is 2. The van der Waals surface area contributed by atoms with E-state index in [1.165, 1.54) is 0 Å². The first-order valence-corrected chi connectivity index (χ1v) is 6.24. The Kier molecular flexibility index (Phi) is 3.87. The monoisotopic (exact) mass is 269 g/mol. The van der Waals surface area contributed by atoms with Crippen molar-refractivity contribution in [3.8, 4) is 0 Å². The number of hydrogen-bond acceptors (Lipinski definition) is 3. The number of nitrogens with one attached hydrogen (secondary N) is 1. The van der Waals surface area contributed by atoms with E-state index in [1.54, 1.807) is 11.9 Å². The number of carbonyl (C=O) groups is 1. The van der Waals surface area contributed by atoms with Crippen molar-refractivity contribution in [2.45, 2.75) is 12.8 Å². The van der Waals surface area contributed by atoms with E-state index in [4.69, 9.17) is 5.73 Å². The highest BCUT2D eigenvalue weighted by Crippen LogP contribution is 2.31. The van der Waals surface area contributed by atoms with Crippen LogP contribution in [0.25, 0.3) is 0 Å². The van der Waals surface area contributed by atoms with Gasteiger partial charge in [-0.15, -0.1) is 0 Å². The third-order valence-corrected chi connectivity index (χ3v) is 3.49. The summed E-state index contributed by atoms with van der Waals surface area (Å²) in [5, 5.41) is 2.61. The maximum atomic E-state index is 13.8. The van der Waals surface area contributed by atoms with Crippen LogP contribution in [0.4, 0.5) is 20.2 Å². The number of anilines is 2. The van der Waals surface area contributed by atoms with E-state index in [0.717, 1.165) is 12.1 Å². The fourth-order valence-electron chi connectivity index (χ4n) is 2.49. The number of piperidine rings is 1. The second-order valence-electron chi connectivity index (χ2n) is 4.70. The highest BCUT2D eigenvalue weighted by atomic mass is 19.1. The van der Waals surface area contributed by atoms with Gasteiger partial charge in [-0.05, 0) is 18.9 Å². The van der Waals surface area contributed by atoms with Crippen molar-refractivity contribution >= 4 is 17.3 Å². The standard InChI is InChI=1S/C13H17F2N3O/c1-17-13(19)8-2-4-18(5-3-8)12-10(15)6-9(14)7-11(12)16/h6-8H,2-5,16H2,1H3,(H,17,19). The molecule has 1 aliphatic rings. The topological polar surface area (TPSA) is 58.4 Å². The van der Waals surface area contributed by atoms with Crippen LogP contribution < -0.4 is 16.0 Å². The molecule has 0 atom stereocenters. The smallest absolute Gasteiger partial charge is 0.222 e. The summed E-state index contributed by atoms with van der Waals surface area (Å²) in [5.41, 5.74) is 6.00. The molecule has 0 bridgehead atoms. The molecule has 1 amide bonds. The second-order valence-corrected chi connectivity index (χ2v) is 4.70. The quantitative estimate of drug-likeness (QED) is 0.800. The fourth-order valence-corrected chi connectivity index (χ4v) is 2.49. The molecule has 4 nitrogen and oxygen atoms in total. The molecule has 19 heavy (non-hydrogen) atoms. The van der Waals surface area contributed by atoms with Crippen molar-refractivity contribution < 1.29 is 13.6 Å². The number of nitrogens with two attached hydrogens (primary N) is 1. The summed E-state index contributed by atoms with van der Waals surface area (Å²) < 4.78 is 26.8. The van der Waals surface area contributed by atoms with Gasteiger partial charge in [0.1, 0.15) is 5.82 Å². The maximum absolute atomic E-state index is 13.8. The normalized spacial score (nSPS) is 16.5. The SMILES string of the molecule is CNC(=O)C1CCN(c2c(N)cc(F)cc2F)CC1. The summed E-state index contributed by atoms with van der Waals surface area (Å²) in [5.74, 6) is -1.38. The molecule has 1 fully saturated rings. The number of nitrogens with zero attached hydrogens (tertiary/aromatic N) is 1. The van der Waals surface area contributed by atoms with Crippen LogP contribution >= 0.6 is 0 Å². The Morgan fingerprint density at radius 3 is 2.53 bits per heavy atom. The predicted molar refractivity (Wildman–Crippen MR) is 69.8 cm³/mol. The predicted octanol–water partition coefficient (Wildman–Crippen LogP) is 1.51. The third kappa shape index (κ3) is 2.77. The lowest BCUT2D eigenvalue weighted by Gasteiger charge is -2.33. The lowest BCUT2D eigenvalue weighted by molar-refractivity contribution is -0.125. The Bertz CT molecular complexity index is 462. The van der Waals surface area contributed by atoms with Gasteiger partial charge in [-0.2, -0.15) is 0 Å². The van der Waals surface area contributed by atoms with E-state index in [2.05, 4.69) is 5.32 Å². The number of amides is 1.